The van der Waals surface area contributed by atoms with E-state index in [1.807, 2.05) is 24.3 Å². The molecule has 90 valence electrons. The normalized spacial score (nSPS) is 12.5. The second-order valence-electron chi connectivity index (χ2n) is 3.80. The van der Waals surface area contributed by atoms with Crippen LogP contribution in [0, 0.1) is 6.92 Å². The summed E-state index contributed by atoms with van der Waals surface area (Å²) in [5.41, 5.74) is 0.849. The van der Waals surface area contributed by atoms with Crippen LogP contribution in [0.1, 0.15) is 24.7 Å². The van der Waals surface area contributed by atoms with Gasteiger partial charge in [-0.15, -0.1) is 0 Å². The van der Waals surface area contributed by atoms with Crippen molar-refractivity contribution < 1.29 is 9.84 Å². The summed E-state index contributed by atoms with van der Waals surface area (Å²) in [6.45, 7) is 3.47. The molecule has 0 radical (unpaired) electrons. The number of benzene rings is 1. The highest BCUT2D eigenvalue weighted by Crippen LogP contribution is 2.18. The van der Waals surface area contributed by atoms with Crippen LogP contribution in [0.5, 0.6) is 5.75 Å². The van der Waals surface area contributed by atoms with Crippen molar-refractivity contribution in [1.29, 1.82) is 0 Å². The number of aliphatic hydroxyl groups is 1. The van der Waals surface area contributed by atoms with Crippen LogP contribution in [-0.2, 0) is 0 Å². The predicted molar refractivity (Wildman–Crippen MR) is 63.3 cm³/mol. The Kier molecular flexibility index (Phi) is 3.10. The van der Waals surface area contributed by atoms with Gasteiger partial charge in [0.05, 0.1) is 12.8 Å². The van der Waals surface area contributed by atoms with Crippen molar-refractivity contribution in [3.8, 4) is 11.4 Å². The largest absolute Gasteiger partial charge is 0.497 e. The molecule has 0 saturated carbocycles. The highest BCUT2D eigenvalue weighted by molar-refractivity contribution is 5.37. The second-order valence-corrected chi connectivity index (χ2v) is 3.80. The van der Waals surface area contributed by atoms with E-state index in [0.29, 0.717) is 11.6 Å². The summed E-state index contributed by atoms with van der Waals surface area (Å²) in [5.74, 6) is 1.95. The molecule has 0 aliphatic rings. The summed E-state index contributed by atoms with van der Waals surface area (Å²) >= 11 is 0. The van der Waals surface area contributed by atoms with E-state index in [9.17, 15) is 5.11 Å². The van der Waals surface area contributed by atoms with Crippen LogP contribution in [0.3, 0.4) is 0 Å². The Hall–Kier alpha value is -1.88. The Bertz CT molecular complexity index is 503. The maximum absolute atomic E-state index is 9.63. The van der Waals surface area contributed by atoms with Crippen LogP contribution in [-0.4, -0.2) is 27.0 Å². The smallest absolute Gasteiger partial charge is 0.160 e. The molecule has 2 rings (SSSR count). The number of hydrogen-bond donors (Lipinski definition) is 1. The van der Waals surface area contributed by atoms with E-state index in [1.165, 1.54) is 0 Å². The summed E-state index contributed by atoms with van der Waals surface area (Å²) in [4.78, 5) is 4.20. The summed E-state index contributed by atoms with van der Waals surface area (Å²) in [7, 11) is 1.62. The van der Waals surface area contributed by atoms with Crippen molar-refractivity contribution in [2.75, 3.05) is 7.11 Å². The van der Waals surface area contributed by atoms with Gasteiger partial charge in [0.25, 0.3) is 0 Å². The zero-order chi connectivity index (χ0) is 12.4. The van der Waals surface area contributed by atoms with Gasteiger partial charge in [-0.2, -0.15) is 5.10 Å². The molecule has 17 heavy (non-hydrogen) atoms. The van der Waals surface area contributed by atoms with Gasteiger partial charge in [0, 0.05) is 0 Å². The molecule has 1 N–H and O–H groups in total. The molecular formula is C12H15N3O2. The Labute approximate surface area is 99.7 Å². The Morgan fingerprint density at radius 2 is 1.94 bits per heavy atom. The highest BCUT2D eigenvalue weighted by atomic mass is 16.5. The molecule has 0 spiro atoms. The number of rotatable bonds is 3. The third kappa shape index (κ3) is 2.29. The summed E-state index contributed by atoms with van der Waals surface area (Å²) in [5, 5.41) is 13.9. The maximum Gasteiger partial charge on any atom is 0.160 e. The number of methoxy groups -OCH3 is 1. The van der Waals surface area contributed by atoms with Gasteiger partial charge < -0.3 is 9.84 Å². The van der Waals surface area contributed by atoms with E-state index >= 15 is 0 Å². The average molecular weight is 233 g/mol. The molecule has 1 aromatic heterocycles. The van der Waals surface area contributed by atoms with Crippen molar-refractivity contribution in [2.24, 2.45) is 0 Å². The van der Waals surface area contributed by atoms with Crippen molar-refractivity contribution in [1.82, 2.24) is 14.8 Å². The van der Waals surface area contributed by atoms with E-state index < -0.39 is 6.10 Å². The number of aromatic nitrogens is 3. The fraction of sp³-hybridized carbons (Fsp3) is 0.333. The molecular weight excluding hydrogens is 218 g/mol. The maximum atomic E-state index is 9.63. The van der Waals surface area contributed by atoms with Crippen molar-refractivity contribution in [3.63, 3.8) is 0 Å². The van der Waals surface area contributed by atoms with E-state index in [1.54, 1.807) is 25.6 Å². The first-order chi connectivity index (χ1) is 8.11. The van der Waals surface area contributed by atoms with Crippen LogP contribution in [0.15, 0.2) is 24.3 Å². The molecule has 0 saturated heterocycles. The Morgan fingerprint density at radius 3 is 2.47 bits per heavy atom. The lowest BCUT2D eigenvalue weighted by molar-refractivity contribution is 0.186. The minimum absolute atomic E-state index is 0.535. The fourth-order valence-electron chi connectivity index (χ4n) is 1.62. The average Bonchev–Trinajstić information content (AvgIpc) is 2.72. The van der Waals surface area contributed by atoms with Gasteiger partial charge in [-0.05, 0) is 38.1 Å². The number of ether oxygens (including phenoxy) is 1. The molecule has 0 amide bonds. The number of aliphatic hydroxyl groups excluding tert-OH is 1. The summed E-state index contributed by atoms with van der Waals surface area (Å²) in [6.07, 6.45) is -0.654. The van der Waals surface area contributed by atoms with Crippen LogP contribution in [0.25, 0.3) is 5.69 Å². The molecule has 0 unspecified atom stereocenters. The molecule has 2 aromatic rings. The minimum atomic E-state index is -0.654. The molecule has 1 atom stereocenters. The van der Waals surface area contributed by atoms with E-state index in [-0.39, 0.29) is 0 Å². The minimum Gasteiger partial charge on any atom is -0.497 e. The molecule has 1 aromatic carbocycles. The third-order valence-corrected chi connectivity index (χ3v) is 2.43. The van der Waals surface area contributed by atoms with Gasteiger partial charge in [-0.25, -0.2) is 9.67 Å². The van der Waals surface area contributed by atoms with Gasteiger partial charge >= 0.3 is 0 Å². The standard InChI is InChI=1S/C12H15N3O2/c1-8(16)12-13-9(2)14-15(12)10-4-6-11(17-3)7-5-10/h4-8,16H,1-3H3/t8-/m0/s1. The lowest BCUT2D eigenvalue weighted by atomic mass is 10.3. The van der Waals surface area contributed by atoms with E-state index in [4.69, 9.17) is 4.74 Å². The van der Waals surface area contributed by atoms with Crippen LogP contribution in [0.4, 0.5) is 0 Å². The van der Waals surface area contributed by atoms with Crippen molar-refractivity contribution in [3.05, 3.63) is 35.9 Å². The van der Waals surface area contributed by atoms with Gasteiger partial charge in [0.1, 0.15) is 17.7 Å². The second kappa shape index (κ2) is 4.55. The topological polar surface area (TPSA) is 60.2 Å². The van der Waals surface area contributed by atoms with Gasteiger partial charge in [0.15, 0.2) is 5.82 Å². The number of aryl methyl sites for hydroxylation is 1. The first kappa shape index (κ1) is 11.6. The van der Waals surface area contributed by atoms with Gasteiger partial charge in [0.2, 0.25) is 0 Å². The number of nitrogens with zero attached hydrogens (tertiary/aromatic N) is 3. The van der Waals surface area contributed by atoms with Crippen LogP contribution in [0.2, 0.25) is 0 Å². The molecule has 0 aliphatic heterocycles. The zero-order valence-corrected chi connectivity index (χ0v) is 10.1. The third-order valence-electron chi connectivity index (χ3n) is 2.43. The molecule has 5 heteroatoms. The van der Waals surface area contributed by atoms with Crippen molar-refractivity contribution >= 4 is 0 Å². The SMILES string of the molecule is COc1ccc(-n2nc(C)nc2[C@H](C)O)cc1. The summed E-state index contributed by atoms with van der Waals surface area (Å²) < 4.78 is 6.73. The monoisotopic (exact) mass is 233 g/mol. The molecule has 1 heterocycles. The predicted octanol–water partition coefficient (Wildman–Crippen LogP) is 1.64. The fourth-order valence-corrected chi connectivity index (χ4v) is 1.62. The molecule has 0 aliphatic carbocycles. The van der Waals surface area contributed by atoms with E-state index in [0.717, 1.165) is 11.4 Å². The lowest BCUT2D eigenvalue weighted by Crippen LogP contribution is -2.06. The van der Waals surface area contributed by atoms with Gasteiger partial charge in [-0.3, -0.25) is 0 Å². The van der Waals surface area contributed by atoms with Crippen molar-refractivity contribution in [2.45, 2.75) is 20.0 Å². The quantitative estimate of drug-likeness (QED) is 0.875. The zero-order valence-electron chi connectivity index (χ0n) is 10.1. The lowest BCUT2D eigenvalue weighted by Gasteiger charge is -2.08. The van der Waals surface area contributed by atoms with Gasteiger partial charge in [-0.1, -0.05) is 0 Å². The highest BCUT2D eigenvalue weighted by Gasteiger charge is 2.13. The number of hydrogen-bond acceptors (Lipinski definition) is 4. The Morgan fingerprint density at radius 1 is 1.29 bits per heavy atom. The molecule has 0 bridgehead atoms. The first-order valence-corrected chi connectivity index (χ1v) is 5.38. The molecule has 5 nitrogen and oxygen atoms in total. The summed E-state index contributed by atoms with van der Waals surface area (Å²) in [6, 6.07) is 7.44. The van der Waals surface area contributed by atoms with Crippen LogP contribution < -0.4 is 4.74 Å². The Balaban J connectivity index is 2.44. The first-order valence-electron chi connectivity index (χ1n) is 5.38. The van der Waals surface area contributed by atoms with E-state index in [2.05, 4.69) is 10.1 Å². The molecule has 0 fully saturated rings. The van der Waals surface area contributed by atoms with Crippen LogP contribution >= 0.6 is 0 Å².